The van der Waals surface area contributed by atoms with Crippen LogP contribution >= 0.6 is 23.2 Å². The molecule has 170 valence electrons. The average molecular weight is 475 g/mol. The van der Waals surface area contributed by atoms with E-state index in [2.05, 4.69) is 5.43 Å². The molecule has 2 aliphatic rings. The number of rotatable bonds is 6. The summed E-state index contributed by atoms with van der Waals surface area (Å²) in [7, 11) is 0. The fraction of sp³-hybridized carbons (Fsp3) is 0.417. The number of hydrogen-bond acceptors (Lipinski definition) is 5. The molecule has 0 spiro atoms. The number of ether oxygens (including phenoxy) is 1. The fourth-order valence-electron chi connectivity index (χ4n) is 4.32. The van der Waals surface area contributed by atoms with Gasteiger partial charge in [0.2, 0.25) is 0 Å². The van der Waals surface area contributed by atoms with E-state index in [1.807, 2.05) is 54.2 Å². The summed E-state index contributed by atoms with van der Waals surface area (Å²) >= 11 is 12.7. The van der Waals surface area contributed by atoms with Crippen molar-refractivity contribution in [2.75, 3.05) is 24.7 Å². The molecule has 0 unspecified atom stereocenters. The van der Waals surface area contributed by atoms with Crippen LogP contribution in [0.25, 0.3) is 0 Å². The predicted octanol–water partition coefficient (Wildman–Crippen LogP) is 5.46. The van der Waals surface area contributed by atoms with Gasteiger partial charge >= 0.3 is 0 Å². The van der Waals surface area contributed by atoms with E-state index in [4.69, 9.17) is 33.0 Å². The van der Waals surface area contributed by atoms with Crippen molar-refractivity contribution in [2.24, 2.45) is 11.0 Å². The first-order valence-corrected chi connectivity index (χ1v) is 11.8. The highest BCUT2D eigenvalue weighted by Crippen LogP contribution is 2.42. The third-order valence-electron chi connectivity index (χ3n) is 5.92. The Morgan fingerprint density at radius 3 is 2.50 bits per heavy atom. The van der Waals surface area contributed by atoms with Crippen LogP contribution in [0.2, 0.25) is 10.0 Å². The normalized spacial score (nSPS) is 21.4. The van der Waals surface area contributed by atoms with Gasteiger partial charge < -0.3 is 4.74 Å². The molecular weight excluding hydrogens is 447 g/mol. The van der Waals surface area contributed by atoms with Crippen LogP contribution in [-0.2, 0) is 4.79 Å². The number of hydrazine groups is 1. The van der Waals surface area contributed by atoms with Crippen LogP contribution in [0.1, 0.15) is 44.7 Å². The van der Waals surface area contributed by atoms with Crippen LogP contribution in [0.5, 0.6) is 5.75 Å². The van der Waals surface area contributed by atoms with Crippen LogP contribution < -0.4 is 15.2 Å². The molecule has 0 aliphatic carbocycles. The first-order valence-electron chi connectivity index (χ1n) is 11.1. The lowest BCUT2D eigenvalue weighted by atomic mass is 9.91. The average Bonchev–Trinajstić information content (AvgIpc) is 3.12. The van der Waals surface area contributed by atoms with Crippen molar-refractivity contribution in [3.05, 3.63) is 58.1 Å². The van der Waals surface area contributed by atoms with Crippen molar-refractivity contribution in [1.29, 1.82) is 0 Å². The second-order valence-corrected chi connectivity index (χ2v) is 8.99. The standard InChI is InChI=1S/C24H28Cl2N4O2/c1-3-32-19-10-7-17(8-11-19)23-16(2)22(24(31)28-29-13-5-4-6-14-29)27-30(23)21-12-9-18(25)15-20(21)26/h7-12,15-16,23H,3-6,13-14H2,1-2H3,(H,28,31)/t16-,23+/m0/s1. The van der Waals surface area contributed by atoms with Gasteiger partial charge in [-0.2, -0.15) is 5.10 Å². The van der Waals surface area contributed by atoms with E-state index in [1.165, 1.54) is 6.42 Å². The zero-order valence-electron chi connectivity index (χ0n) is 18.4. The molecule has 32 heavy (non-hydrogen) atoms. The number of carbonyl (C=O) groups is 1. The Bertz CT molecular complexity index is 990. The number of nitrogens with zero attached hydrogens (tertiary/aromatic N) is 3. The largest absolute Gasteiger partial charge is 0.494 e. The van der Waals surface area contributed by atoms with E-state index < -0.39 is 0 Å². The van der Waals surface area contributed by atoms with Gasteiger partial charge in [0, 0.05) is 24.0 Å². The molecule has 2 aromatic carbocycles. The quantitative estimate of drug-likeness (QED) is 0.603. The second-order valence-electron chi connectivity index (χ2n) is 8.15. The van der Waals surface area contributed by atoms with Crippen molar-refractivity contribution < 1.29 is 9.53 Å². The fourth-order valence-corrected chi connectivity index (χ4v) is 4.81. The number of carbonyl (C=O) groups excluding carboxylic acids is 1. The molecule has 0 saturated carbocycles. The van der Waals surface area contributed by atoms with E-state index in [-0.39, 0.29) is 17.9 Å². The van der Waals surface area contributed by atoms with Crippen molar-refractivity contribution in [2.45, 2.75) is 39.2 Å². The number of benzene rings is 2. The summed E-state index contributed by atoms with van der Waals surface area (Å²) in [4.78, 5) is 13.2. The summed E-state index contributed by atoms with van der Waals surface area (Å²) in [6.45, 7) is 6.32. The molecule has 1 amide bonds. The van der Waals surface area contributed by atoms with Crippen LogP contribution in [0.3, 0.4) is 0 Å². The van der Waals surface area contributed by atoms with Crippen molar-refractivity contribution in [3.63, 3.8) is 0 Å². The van der Waals surface area contributed by atoms with Crippen molar-refractivity contribution in [3.8, 4) is 5.75 Å². The lowest BCUT2D eigenvalue weighted by Gasteiger charge is -2.28. The molecule has 4 rings (SSSR count). The lowest BCUT2D eigenvalue weighted by molar-refractivity contribution is -0.120. The number of amides is 1. The number of piperidine rings is 1. The van der Waals surface area contributed by atoms with Gasteiger partial charge in [-0.15, -0.1) is 0 Å². The number of hydrogen-bond donors (Lipinski definition) is 1. The smallest absolute Gasteiger partial charge is 0.282 e. The SMILES string of the molecule is CCOc1ccc([C@H]2[C@@H](C)C(C(=O)NN3CCCCC3)=NN2c2ccc(Cl)cc2Cl)cc1. The van der Waals surface area contributed by atoms with Gasteiger partial charge in [-0.1, -0.05) is 48.7 Å². The third-order valence-corrected chi connectivity index (χ3v) is 6.46. The molecule has 6 nitrogen and oxygen atoms in total. The molecule has 2 atom stereocenters. The third kappa shape index (κ3) is 4.87. The Kier molecular flexibility index (Phi) is 7.23. The summed E-state index contributed by atoms with van der Waals surface area (Å²) in [6.07, 6.45) is 3.37. The molecular formula is C24H28Cl2N4O2. The molecule has 2 heterocycles. The highest BCUT2D eigenvalue weighted by molar-refractivity contribution is 6.41. The highest BCUT2D eigenvalue weighted by atomic mass is 35.5. The second kappa shape index (κ2) is 10.1. The minimum atomic E-state index is -0.188. The number of hydrazone groups is 1. The zero-order chi connectivity index (χ0) is 22.7. The molecule has 1 saturated heterocycles. The van der Waals surface area contributed by atoms with Crippen molar-refractivity contribution >= 4 is 40.5 Å². The topological polar surface area (TPSA) is 57.2 Å². The minimum absolute atomic E-state index is 0.149. The number of nitrogens with one attached hydrogen (secondary N) is 1. The van der Waals surface area contributed by atoms with Crippen LogP contribution in [0.4, 0.5) is 5.69 Å². The first-order chi connectivity index (χ1) is 15.5. The monoisotopic (exact) mass is 474 g/mol. The molecule has 2 aromatic rings. The Balaban J connectivity index is 1.66. The van der Waals surface area contributed by atoms with Gasteiger partial charge in [-0.25, -0.2) is 5.01 Å². The van der Waals surface area contributed by atoms with E-state index >= 15 is 0 Å². The van der Waals surface area contributed by atoms with Gasteiger partial charge in [0.25, 0.3) is 5.91 Å². The summed E-state index contributed by atoms with van der Waals surface area (Å²) in [5.74, 6) is 0.495. The minimum Gasteiger partial charge on any atom is -0.494 e. The Morgan fingerprint density at radius 1 is 1.12 bits per heavy atom. The Labute approximate surface area is 199 Å². The molecule has 8 heteroatoms. The van der Waals surface area contributed by atoms with Crippen LogP contribution in [0, 0.1) is 5.92 Å². The number of anilines is 1. The Hall–Kier alpha value is -2.28. The van der Waals surface area contributed by atoms with Gasteiger partial charge in [-0.05, 0) is 55.7 Å². The summed E-state index contributed by atoms with van der Waals surface area (Å²) in [5, 5.41) is 9.63. The maximum atomic E-state index is 13.2. The van der Waals surface area contributed by atoms with E-state index in [0.29, 0.717) is 28.1 Å². The Morgan fingerprint density at radius 2 is 1.84 bits per heavy atom. The summed E-state index contributed by atoms with van der Waals surface area (Å²) in [6, 6.07) is 13.1. The van der Waals surface area contributed by atoms with Gasteiger partial charge in [0.05, 0.1) is 23.4 Å². The van der Waals surface area contributed by atoms with E-state index in [9.17, 15) is 4.79 Å². The summed E-state index contributed by atoms with van der Waals surface area (Å²) < 4.78 is 5.59. The highest BCUT2D eigenvalue weighted by Gasteiger charge is 2.40. The molecule has 0 aromatic heterocycles. The predicted molar refractivity (Wildman–Crippen MR) is 129 cm³/mol. The summed E-state index contributed by atoms with van der Waals surface area (Å²) in [5.41, 5.74) is 5.27. The van der Waals surface area contributed by atoms with E-state index in [0.717, 1.165) is 37.2 Å². The molecule has 2 aliphatic heterocycles. The number of halogens is 2. The lowest BCUT2D eigenvalue weighted by Crippen LogP contribution is -2.48. The molecule has 1 N–H and O–H groups in total. The van der Waals surface area contributed by atoms with Crippen LogP contribution in [-0.4, -0.2) is 36.3 Å². The van der Waals surface area contributed by atoms with Gasteiger partial charge in [0.1, 0.15) is 11.5 Å². The van der Waals surface area contributed by atoms with E-state index in [1.54, 1.807) is 12.1 Å². The first kappa shape index (κ1) is 22.9. The van der Waals surface area contributed by atoms with Gasteiger partial charge in [0.15, 0.2) is 0 Å². The van der Waals surface area contributed by atoms with Gasteiger partial charge in [-0.3, -0.25) is 15.2 Å². The van der Waals surface area contributed by atoms with Crippen LogP contribution in [0.15, 0.2) is 47.6 Å². The maximum absolute atomic E-state index is 13.2. The maximum Gasteiger partial charge on any atom is 0.282 e. The molecule has 1 fully saturated rings. The molecule has 0 bridgehead atoms. The van der Waals surface area contributed by atoms with Crippen molar-refractivity contribution in [1.82, 2.24) is 10.4 Å². The molecule has 0 radical (unpaired) electrons. The zero-order valence-corrected chi connectivity index (χ0v) is 19.9.